The van der Waals surface area contributed by atoms with Gasteiger partial charge in [-0.1, -0.05) is 6.92 Å². The molecule has 1 heterocycles. The van der Waals surface area contributed by atoms with Gasteiger partial charge in [0.25, 0.3) is 0 Å². The van der Waals surface area contributed by atoms with Gasteiger partial charge in [-0.25, -0.2) is 0 Å². The Morgan fingerprint density at radius 2 is 2.06 bits per heavy atom. The van der Waals surface area contributed by atoms with Gasteiger partial charge in [-0.05, 0) is 30.8 Å². The molecular weight excluding hydrogens is 214 g/mol. The molecule has 90 valence electrons. The number of nitrogens with one attached hydrogen (secondary N) is 2. The third-order valence-corrected chi connectivity index (χ3v) is 2.66. The summed E-state index contributed by atoms with van der Waals surface area (Å²) >= 11 is 0. The van der Waals surface area contributed by atoms with Gasteiger partial charge in [0.1, 0.15) is 5.75 Å². The molecule has 0 aliphatic carbocycles. The third-order valence-electron chi connectivity index (χ3n) is 2.66. The first kappa shape index (κ1) is 11.7. The van der Waals surface area contributed by atoms with E-state index in [0.717, 1.165) is 30.1 Å². The molecule has 1 aromatic heterocycles. The van der Waals surface area contributed by atoms with Crippen LogP contribution >= 0.6 is 0 Å². The highest BCUT2D eigenvalue weighted by atomic mass is 16.5. The molecule has 4 nitrogen and oxygen atoms in total. The topological polar surface area (TPSA) is 49.9 Å². The predicted molar refractivity (Wildman–Crippen MR) is 68.0 cm³/mol. The molecule has 0 saturated heterocycles. The van der Waals surface area contributed by atoms with Gasteiger partial charge in [-0.3, -0.25) is 5.10 Å². The standard InChI is InChI=1S/C13H17N3O/c1-3-14-8-11-9-15-16-13(11)10-4-6-12(17-2)7-5-10/h4-7,9,14H,3,8H2,1-2H3,(H,15,16). The molecule has 2 rings (SSSR count). The Kier molecular flexibility index (Phi) is 3.77. The van der Waals surface area contributed by atoms with Crippen molar-refractivity contribution in [1.29, 1.82) is 0 Å². The van der Waals surface area contributed by atoms with Crippen LogP contribution in [0.2, 0.25) is 0 Å². The number of rotatable bonds is 5. The number of benzene rings is 1. The number of hydrogen-bond acceptors (Lipinski definition) is 3. The Balaban J connectivity index is 2.23. The summed E-state index contributed by atoms with van der Waals surface area (Å²) in [4.78, 5) is 0. The average Bonchev–Trinajstić information content (AvgIpc) is 2.84. The van der Waals surface area contributed by atoms with E-state index in [-0.39, 0.29) is 0 Å². The van der Waals surface area contributed by atoms with E-state index in [1.807, 2.05) is 30.5 Å². The SMILES string of the molecule is CCNCc1cn[nH]c1-c1ccc(OC)cc1. The van der Waals surface area contributed by atoms with Crippen LogP contribution in [0.25, 0.3) is 11.3 Å². The highest BCUT2D eigenvalue weighted by molar-refractivity contribution is 5.63. The largest absolute Gasteiger partial charge is 0.497 e. The fourth-order valence-electron chi connectivity index (χ4n) is 1.71. The number of aromatic amines is 1. The molecule has 0 unspecified atom stereocenters. The van der Waals surface area contributed by atoms with Gasteiger partial charge in [0, 0.05) is 17.7 Å². The van der Waals surface area contributed by atoms with Crippen LogP contribution in [-0.4, -0.2) is 23.9 Å². The molecule has 17 heavy (non-hydrogen) atoms. The number of methoxy groups -OCH3 is 1. The molecule has 0 aliphatic rings. The lowest BCUT2D eigenvalue weighted by Crippen LogP contribution is -2.11. The summed E-state index contributed by atoms with van der Waals surface area (Å²) in [6, 6.07) is 7.96. The summed E-state index contributed by atoms with van der Waals surface area (Å²) in [5.74, 6) is 0.862. The molecule has 1 aromatic carbocycles. The second-order valence-electron chi connectivity index (χ2n) is 3.78. The predicted octanol–water partition coefficient (Wildman–Crippen LogP) is 2.19. The van der Waals surface area contributed by atoms with Crippen LogP contribution < -0.4 is 10.1 Å². The number of aromatic nitrogens is 2. The minimum Gasteiger partial charge on any atom is -0.497 e. The zero-order chi connectivity index (χ0) is 12.1. The lowest BCUT2D eigenvalue weighted by atomic mass is 10.1. The fourth-order valence-corrected chi connectivity index (χ4v) is 1.71. The molecule has 2 aromatic rings. The van der Waals surface area contributed by atoms with Gasteiger partial charge in [0.2, 0.25) is 0 Å². The Morgan fingerprint density at radius 1 is 1.29 bits per heavy atom. The van der Waals surface area contributed by atoms with Crippen LogP contribution in [0, 0.1) is 0 Å². The van der Waals surface area contributed by atoms with E-state index < -0.39 is 0 Å². The average molecular weight is 231 g/mol. The molecular formula is C13H17N3O. The van der Waals surface area contributed by atoms with E-state index in [1.54, 1.807) is 7.11 Å². The Labute approximate surface area is 101 Å². The maximum atomic E-state index is 5.14. The van der Waals surface area contributed by atoms with Crippen molar-refractivity contribution in [3.8, 4) is 17.0 Å². The molecule has 0 atom stereocenters. The molecule has 0 fully saturated rings. The van der Waals surface area contributed by atoms with Gasteiger partial charge in [-0.15, -0.1) is 0 Å². The van der Waals surface area contributed by atoms with Crippen molar-refractivity contribution < 1.29 is 4.74 Å². The smallest absolute Gasteiger partial charge is 0.118 e. The van der Waals surface area contributed by atoms with Gasteiger partial charge >= 0.3 is 0 Å². The first-order valence-electron chi connectivity index (χ1n) is 5.72. The highest BCUT2D eigenvalue weighted by Crippen LogP contribution is 2.23. The van der Waals surface area contributed by atoms with Gasteiger partial charge < -0.3 is 10.1 Å². The highest BCUT2D eigenvalue weighted by Gasteiger charge is 2.06. The second kappa shape index (κ2) is 5.50. The summed E-state index contributed by atoms with van der Waals surface area (Å²) < 4.78 is 5.14. The molecule has 4 heteroatoms. The quantitative estimate of drug-likeness (QED) is 0.829. The number of hydrogen-bond donors (Lipinski definition) is 2. The molecule has 0 aliphatic heterocycles. The van der Waals surface area contributed by atoms with Crippen molar-refractivity contribution >= 4 is 0 Å². The van der Waals surface area contributed by atoms with Gasteiger partial charge in [0.05, 0.1) is 19.0 Å². The summed E-state index contributed by atoms with van der Waals surface area (Å²) in [6.45, 7) is 3.87. The molecule has 0 radical (unpaired) electrons. The van der Waals surface area contributed by atoms with E-state index >= 15 is 0 Å². The first-order valence-corrected chi connectivity index (χ1v) is 5.72. The third kappa shape index (κ3) is 2.65. The normalized spacial score (nSPS) is 10.5. The first-order chi connectivity index (χ1) is 8.35. The lowest BCUT2D eigenvalue weighted by Gasteiger charge is -2.05. The maximum absolute atomic E-state index is 5.14. The molecule has 0 amide bonds. The Bertz CT molecular complexity index is 462. The van der Waals surface area contributed by atoms with Gasteiger partial charge in [0.15, 0.2) is 0 Å². The molecule has 2 N–H and O–H groups in total. The van der Waals surface area contributed by atoms with Crippen molar-refractivity contribution in [1.82, 2.24) is 15.5 Å². The van der Waals surface area contributed by atoms with E-state index in [1.165, 1.54) is 5.56 Å². The van der Waals surface area contributed by atoms with Crippen molar-refractivity contribution in [3.05, 3.63) is 36.0 Å². The Morgan fingerprint density at radius 3 is 2.71 bits per heavy atom. The second-order valence-corrected chi connectivity index (χ2v) is 3.78. The Hall–Kier alpha value is -1.81. The van der Waals surface area contributed by atoms with Gasteiger partial charge in [-0.2, -0.15) is 5.10 Å². The zero-order valence-corrected chi connectivity index (χ0v) is 10.2. The minimum atomic E-state index is 0.828. The number of nitrogens with zero attached hydrogens (tertiary/aromatic N) is 1. The monoisotopic (exact) mass is 231 g/mol. The van der Waals surface area contributed by atoms with Crippen LogP contribution in [0.4, 0.5) is 0 Å². The lowest BCUT2D eigenvalue weighted by molar-refractivity contribution is 0.415. The minimum absolute atomic E-state index is 0.828. The van der Waals surface area contributed by atoms with E-state index in [9.17, 15) is 0 Å². The van der Waals surface area contributed by atoms with Crippen molar-refractivity contribution in [3.63, 3.8) is 0 Å². The molecule has 0 bridgehead atoms. The van der Waals surface area contributed by atoms with Crippen LogP contribution in [0.15, 0.2) is 30.5 Å². The van der Waals surface area contributed by atoms with Crippen molar-refractivity contribution in [2.75, 3.05) is 13.7 Å². The number of ether oxygens (including phenoxy) is 1. The summed E-state index contributed by atoms with van der Waals surface area (Å²) in [7, 11) is 1.67. The molecule has 0 saturated carbocycles. The van der Waals surface area contributed by atoms with Crippen LogP contribution in [-0.2, 0) is 6.54 Å². The summed E-state index contributed by atoms with van der Waals surface area (Å²) in [5.41, 5.74) is 3.36. The van der Waals surface area contributed by atoms with Crippen LogP contribution in [0.1, 0.15) is 12.5 Å². The van der Waals surface area contributed by atoms with E-state index in [4.69, 9.17) is 4.74 Å². The maximum Gasteiger partial charge on any atom is 0.118 e. The zero-order valence-electron chi connectivity index (χ0n) is 10.2. The summed E-state index contributed by atoms with van der Waals surface area (Å²) in [5, 5.41) is 10.4. The van der Waals surface area contributed by atoms with Crippen LogP contribution in [0.3, 0.4) is 0 Å². The van der Waals surface area contributed by atoms with Crippen molar-refractivity contribution in [2.45, 2.75) is 13.5 Å². The van der Waals surface area contributed by atoms with Crippen LogP contribution in [0.5, 0.6) is 5.75 Å². The summed E-state index contributed by atoms with van der Waals surface area (Å²) in [6.07, 6.45) is 1.86. The molecule has 0 spiro atoms. The van der Waals surface area contributed by atoms with Crippen molar-refractivity contribution in [2.24, 2.45) is 0 Å². The van der Waals surface area contributed by atoms with E-state index in [2.05, 4.69) is 22.4 Å². The van der Waals surface area contributed by atoms with E-state index in [0.29, 0.717) is 0 Å². The number of H-pyrrole nitrogens is 1. The fraction of sp³-hybridized carbons (Fsp3) is 0.308.